The lowest BCUT2D eigenvalue weighted by molar-refractivity contribution is 0.397. The van der Waals surface area contributed by atoms with Crippen molar-refractivity contribution < 1.29 is 17.7 Å². The summed E-state index contributed by atoms with van der Waals surface area (Å²) in [6, 6.07) is 148. The first-order valence-electron chi connectivity index (χ1n) is 53.7. The summed E-state index contributed by atoms with van der Waals surface area (Å²) < 4.78 is 29.0. The van der Waals surface area contributed by atoms with Gasteiger partial charge in [0.15, 0.2) is 0 Å². The molecule has 27 rings (SSSR count). The van der Waals surface area contributed by atoms with Crippen molar-refractivity contribution in [3.63, 3.8) is 0 Å². The number of para-hydroxylation sites is 6. The summed E-state index contributed by atoms with van der Waals surface area (Å²) in [5, 5.41) is 15.1. The third kappa shape index (κ3) is 23.1. The van der Waals surface area contributed by atoms with E-state index >= 15 is 0 Å². The molecule has 0 bridgehead atoms. The van der Waals surface area contributed by atoms with Gasteiger partial charge in [-0.05, 0) is 220 Å². The molecule has 2 aliphatic rings. The van der Waals surface area contributed by atoms with Crippen LogP contribution < -0.4 is 0 Å². The van der Waals surface area contributed by atoms with E-state index in [1.807, 2.05) is 108 Å². The summed E-state index contributed by atoms with van der Waals surface area (Å²) >= 11 is 3.76. The van der Waals surface area contributed by atoms with E-state index in [4.69, 9.17) is 17.7 Å². The standard InChI is InChI=1S/C30H44.2C19H14O.C16H16.2C13H10O.2C13H10S.C7H8/c1-4-6-8-10-12-16-22-30(23-17-13-11-9-7-5-2)28-19-15-14-18-26(28)27-21-20-25(3)24-29(27)30;1-13-9-11-14(12-10-13)15-6-4-7-17-16-5-2-3-8-18(16)20-19(15)17;1-13-6-8-14(9-7-13)15-10-11-19-17(12-15)16-4-2-3-5-18(16)20-19;1-11-8-9-13-12-6-4-5-7-14(12)16(2,3)15(13)10-11;1-9-5-4-7-11-10-6-2-3-8-12(10)14-13(9)11;1-9-6-7-13-11(8-9)10-4-2-3-5-12(10)14-13;1-9-5-4-7-11-10-6-2-3-8-12(10)14-13(9)11;1-9-6-7-13-11(8-9)10-4-2-3-5-12(10)14-13;1-7-5-3-2-4-6-7/h14-15,18-21,24H,4-13,16-17,22-23H2,1-3H3;2*2-12H,1H3;4-10H,1-3H3;4*2-8H,1H3;2-6H,1H3. The molecule has 2 aliphatic carbocycles. The fourth-order valence-electron chi connectivity index (χ4n) is 21.8. The molecule has 744 valence electrons. The Morgan fingerprint density at radius 2 is 0.557 bits per heavy atom. The largest absolute Gasteiger partial charge is 0.456 e. The van der Waals surface area contributed by atoms with Gasteiger partial charge in [0.25, 0.3) is 0 Å². The van der Waals surface area contributed by atoms with Crippen molar-refractivity contribution in [1.29, 1.82) is 0 Å². The number of benzene rings is 19. The molecule has 6 heterocycles. The number of rotatable bonds is 16. The normalized spacial score (nSPS) is 12.1. The van der Waals surface area contributed by atoms with Crippen molar-refractivity contribution >= 4 is 151 Å². The molecule has 0 fully saturated rings. The zero-order valence-corrected chi connectivity index (χ0v) is 90.3. The third-order valence-corrected chi connectivity index (χ3v) is 32.3. The molecule has 6 heteroatoms. The van der Waals surface area contributed by atoms with Gasteiger partial charge < -0.3 is 17.7 Å². The molecule has 0 N–H and O–H groups in total. The van der Waals surface area contributed by atoms with Gasteiger partial charge in [-0.15, -0.1) is 22.7 Å². The van der Waals surface area contributed by atoms with E-state index in [-0.39, 0.29) is 10.8 Å². The Hall–Kier alpha value is -15.2. The Morgan fingerprint density at radius 3 is 1.13 bits per heavy atom. The van der Waals surface area contributed by atoms with Crippen molar-refractivity contribution in [3.05, 3.63) is 491 Å². The van der Waals surface area contributed by atoms with Crippen molar-refractivity contribution in [2.75, 3.05) is 0 Å². The molecule has 19 aromatic carbocycles. The summed E-state index contributed by atoms with van der Waals surface area (Å²) in [6.07, 6.45) is 19.2. The molecule has 0 saturated carbocycles. The molecular formula is C143H136O4S2. The zero-order valence-electron chi connectivity index (χ0n) is 88.7. The van der Waals surface area contributed by atoms with Crippen LogP contribution in [0.25, 0.3) is 173 Å². The van der Waals surface area contributed by atoms with Crippen molar-refractivity contribution in [2.45, 2.75) is 191 Å². The molecule has 0 spiro atoms. The van der Waals surface area contributed by atoms with E-state index < -0.39 is 0 Å². The number of thiophene rings is 2. The van der Waals surface area contributed by atoms with Crippen LogP contribution in [0.1, 0.15) is 190 Å². The number of aryl methyl sites for hydroxylation is 9. The van der Waals surface area contributed by atoms with Crippen LogP contribution in [-0.2, 0) is 10.8 Å². The summed E-state index contributed by atoms with van der Waals surface area (Å²) in [5.74, 6) is 0. The topological polar surface area (TPSA) is 52.6 Å². The third-order valence-electron chi connectivity index (χ3n) is 29.8. The maximum atomic E-state index is 6.07. The molecule has 0 atom stereocenters. The molecule has 25 aromatic rings. The lowest BCUT2D eigenvalue weighted by Crippen LogP contribution is -2.25. The lowest BCUT2D eigenvalue weighted by atomic mass is 9.70. The van der Waals surface area contributed by atoms with E-state index in [9.17, 15) is 0 Å². The van der Waals surface area contributed by atoms with E-state index in [0.29, 0.717) is 0 Å². The molecule has 0 saturated heterocycles. The van der Waals surface area contributed by atoms with Gasteiger partial charge in [0.05, 0.1) is 0 Å². The first-order valence-corrected chi connectivity index (χ1v) is 55.3. The summed E-state index contributed by atoms with van der Waals surface area (Å²) in [7, 11) is 0. The monoisotopic (exact) mass is 1980 g/mol. The minimum atomic E-state index is 0.151. The SMILES string of the molecule is CCCCCCCCC1(CCCCCCCC)c2ccccc2-c2ccc(C)cc21.Cc1ccc(-c2ccc3oc4ccccc4c3c2)cc1.Cc1ccc(-c2cccc3c2oc2ccccc23)cc1.Cc1ccc2c(c1)C(C)(C)c1ccccc1-2.Cc1ccc2oc3ccccc3c2c1.Cc1ccc2sc3ccccc3c2c1.Cc1cccc2c1oc1ccccc12.Cc1cccc2c1sc1ccccc12.Cc1ccccc1. The van der Waals surface area contributed by atoms with Crippen LogP contribution in [0.2, 0.25) is 0 Å². The second-order valence-corrected chi connectivity index (χ2v) is 43.3. The Kier molecular flexibility index (Phi) is 32.5. The van der Waals surface area contributed by atoms with Crippen LogP contribution in [0, 0.1) is 62.3 Å². The number of hydrogen-bond donors (Lipinski definition) is 0. The Morgan fingerprint density at radius 1 is 0.201 bits per heavy atom. The minimum absolute atomic E-state index is 0.151. The van der Waals surface area contributed by atoms with Gasteiger partial charge in [0.1, 0.15) is 44.7 Å². The van der Waals surface area contributed by atoms with Crippen molar-refractivity contribution in [3.8, 4) is 44.5 Å². The van der Waals surface area contributed by atoms with Crippen LogP contribution in [-0.4, -0.2) is 0 Å². The predicted molar refractivity (Wildman–Crippen MR) is 646 cm³/mol. The van der Waals surface area contributed by atoms with Crippen LogP contribution in [0.4, 0.5) is 0 Å². The molecule has 4 nitrogen and oxygen atoms in total. The van der Waals surface area contributed by atoms with Crippen LogP contribution in [0.15, 0.2) is 436 Å². The number of unbranched alkanes of at least 4 members (excludes halogenated alkanes) is 10. The number of furan rings is 4. The van der Waals surface area contributed by atoms with Gasteiger partial charge in [-0.3, -0.25) is 0 Å². The molecule has 149 heavy (non-hydrogen) atoms. The van der Waals surface area contributed by atoms with Crippen LogP contribution in [0.5, 0.6) is 0 Å². The molecule has 0 aliphatic heterocycles. The minimum Gasteiger partial charge on any atom is -0.456 e. The van der Waals surface area contributed by atoms with E-state index in [0.717, 1.165) is 50.2 Å². The predicted octanol–water partition coefficient (Wildman–Crippen LogP) is 43.7. The molecule has 0 unspecified atom stereocenters. The molecule has 6 aromatic heterocycles. The summed E-state index contributed by atoms with van der Waals surface area (Å²) in [5.41, 5.74) is 36.7. The highest BCUT2D eigenvalue weighted by molar-refractivity contribution is 7.26. The van der Waals surface area contributed by atoms with Gasteiger partial charge >= 0.3 is 0 Å². The van der Waals surface area contributed by atoms with Crippen LogP contribution >= 0.6 is 22.7 Å². The summed E-state index contributed by atoms with van der Waals surface area (Å²) in [6.45, 7) is 28.5. The maximum absolute atomic E-state index is 6.07. The molecular weight excluding hydrogens is 1850 g/mol. The van der Waals surface area contributed by atoms with Crippen LogP contribution in [0.3, 0.4) is 0 Å². The van der Waals surface area contributed by atoms with Gasteiger partial charge in [0.2, 0.25) is 0 Å². The average molecular weight is 1980 g/mol. The summed E-state index contributed by atoms with van der Waals surface area (Å²) in [4.78, 5) is 0. The van der Waals surface area contributed by atoms with E-state index in [2.05, 4.69) is 424 Å². The Balaban J connectivity index is 0.000000107. The lowest BCUT2D eigenvalue weighted by Gasteiger charge is -2.33. The Bertz CT molecular complexity index is 8610. The average Bonchev–Trinajstić information content (AvgIpc) is 1.56. The fraction of sp³-hybridized carbons (Fsp3) is 0.203. The smallest absolute Gasteiger partial charge is 0.143 e. The highest BCUT2D eigenvalue weighted by atomic mass is 32.1. The van der Waals surface area contributed by atoms with Gasteiger partial charge in [-0.25, -0.2) is 0 Å². The van der Waals surface area contributed by atoms with Crippen molar-refractivity contribution in [2.24, 2.45) is 0 Å². The van der Waals surface area contributed by atoms with Gasteiger partial charge in [0, 0.05) is 99.8 Å². The molecule has 0 radical (unpaired) electrons. The second-order valence-electron chi connectivity index (χ2n) is 41.2. The number of fused-ring (bicyclic) bond motifs is 24. The number of hydrogen-bond acceptors (Lipinski definition) is 6. The maximum Gasteiger partial charge on any atom is 0.143 e. The second kappa shape index (κ2) is 47.3. The van der Waals surface area contributed by atoms with Gasteiger partial charge in [-0.1, -0.05) is 489 Å². The highest BCUT2D eigenvalue weighted by Crippen LogP contribution is 2.55. The first kappa shape index (κ1) is 102. The Labute approximate surface area is 887 Å². The van der Waals surface area contributed by atoms with E-state index in [1.165, 1.54) is 273 Å². The fourth-order valence-corrected chi connectivity index (χ4v) is 24.1. The highest BCUT2D eigenvalue weighted by Gasteiger charge is 2.42. The van der Waals surface area contributed by atoms with E-state index in [1.54, 1.807) is 11.1 Å². The van der Waals surface area contributed by atoms with Crippen molar-refractivity contribution in [1.82, 2.24) is 0 Å². The quantitative estimate of drug-likeness (QED) is 0.0905. The van der Waals surface area contributed by atoms with Gasteiger partial charge in [-0.2, -0.15) is 0 Å². The first-order chi connectivity index (χ1) is 72.8. The zero-order chi connectivity index (χ0) is 103. The molecule has 0 amide bonds.